The lowest BCUT2D eigenvalue weighted by Gasteiger charge is -2.44. The van der Waals surface area contributed by atoms with Crippen LogP contribution < -0.4 is 0 Å². The number of rotatable bonds is 4. The number of hydrogen-bond donors (Lipinski definition) is 3. The number of hydrogen-bond acceptors (Lipinski definition) is 9. The second-order valence-corrected chi connectivity index (χ2v) is 17.8. The molecule has 1 amide bonds. The molecule has 4 rings (SSSR count). The molecule has 2 saturated heterocycles. The number of aliphatic hydroxyl groups is 3. The number of ether oxygens (including phenoxy) is 3. The number of carbonyl (C=O) groups is 3. The van der Waals surface area contributed by atoms with Crippen molar-refractivity contribution in [3.05, 3.63) is 47.6 Å². The third-order valence-corrected chi connectivity index (χ3v) is 13.1. The van der Waals surface area contributed by atoms with Crippen molar-refractivity contribution < 1.29 is 43.9 Å². The van der Waals surface area contributed by atoms with Gasteiger partial charge in [0, 0.05) is 44.8 Å². The van der Waals surface area contributed by atoms with E-state index in [2.05, 4.69) is 19.9 Å². The smallest absolute Gasteiger partial charge is 0.329 e. The van der Waals surface area contributed by atoms with Crippen LogP contribution in [-0.4, -0.2) is 93.9 Å². The SMILES string of the molecule is CO[C@H]1C[C@@H]2CC[C@@H](C)[C@](O)(CC(=O)N3CCCC[C@H]3C(=O)OC([C@H](C)CC3CCC(O)CC3)C/C=C(\C)[C@@H](O)CC(=O)[C@H](C)C[C@H](C)/C=C/C=C/C=C/1C)O2. The van der Waals surface area contributed by atoms with E-state index >= 15 is 0 Å². The first-order valence-electron chi connectivity index (χ1n) is 21.6. The Balaban J connectivity index is 1.61. The fourth-order valence-corrected chi connectivity index (χ4v) is 9.08. The van der Waals surface area contributed by atoms with E-state index in [1.165, 1.54) is 0 Å². The summed E-state index contributed by atoms with van der Waals surface area (Å²) >= 11 is 0. The third kappa shape index (κ3) is 13.5. The Labute approximate surface area is 336 Å². The molecule has 0 radical (unpaired) electrons. The van der Waals surface area contributed by atoms with Crippen molar-refractivity contribution in [3.8, 4) is 0 Å². The predicted octanol–water partition coefficient (Wildman–Crippen LogP) is 7.55. The number of methoxy groups -OCH3 is 1. The number of esters is 1. The van der Waals surface area contributed by atoms with Crippen LogP contribution in [0.25, 0.3) is 0 Å². The van der Waals surface area contributed by atoms with E-state index in [1.807, 2.05) is 58.1 Å². The minimum Gasteiger partial charge on any atom is -0.460 e. The summed E-state index contributed by atoms with van der Waals surface area (Å²) in [5.74, 6) is -2.40. The zero-order valence-corrected chi connectivity index (χ0v) is 35.4. The number of fused-ring (bicyclic) bond motifs is 3. The molecular formula is C46H73NO9. The number of piperidine rings is 1. The molecule has 10 nitrogen and oxygen atoms in total. The maximum Gasteiger partial charge on any atom is 0.329 e. The minimum absolute atomic E-state index is 0.00740. The van der Waals surface area contributed by atoms with Crippen molar-refractivity contribution in [1.29, 1.82) is 0 Å². The second-order valence-electron chi connectivity index (χ2n) is 17.8. The largest absolute Gasteiger partial charge is 0.460 e. The lowest BCUT2D eigenvalue weighted by molar-refractivity contribution is -0.284. The first-order valence-corrected chi connectivity index (χ1v) is 21.6. The first-order chi connectivity index (χ1) is 26.6. The van der Waals surface area contributed by atoms with Gasteiger partial charge in [0.15, 0.2) is 5.79 Å². The Hall–Kier alpha value is -2.63. The maximum absolute atomic E-state index is 14.2. The molecule has 3 N–H and O–H groups in total. The Bertz CT molecular complexity index is 1410. The molecule has 316 valence electrons. The molecule has 2 bridgehead atoms. The molecule has 0 aromatic heterocycles. The highest BCUT2D eigenvalue weighted by atomic mass is 16.6. The Morgan fingerprint density at radius 1 is 0.929 bits per heavy atom. The van der Waals surface area contributed by atoms with E-state index in [9.17, 15) is 29.7 Å². The summed E-state index contributed by atoms with van der Waals surface area (Å²) < 4.78 is 18.6. The van der Waals surface area contributed by atoms with E-state index in [4.69, 9.17) is 14.2 Å². The molecule has 1 unspecified atom stereocenters. The van der Waals surface area contributed by atoms with Gasteiger partial charge in [-0.1, -0.05) is 64.2 Å². The number of nitrogens with zero attached hydrogens (tertiary/aromatic N) is 1. The van der Waals surface area contributed by atoms with E-state index in [0.717, 1.165) is 56.9 Å². The fourth-order valence-electron chi connectivity index (χ4n) is 9.08. The molecule has 10 heteroatoms. The molecule has 1 saturated carbocycles. The topological polar surface area (TPSA) is 143 Å². The minimum atomic E-state index is -1.68. The zero-order chi connectivity index (χ0) is 41.0. The van der Waals surface area contributed by atoms with Crippen molar-refractivity contribution >= 4 is 17.7 Å². The van der Waals surface area contributed by atoms with Gasteiger partial charge in [-0.2, -0.15) is 0 Å². The number of cyclic esters (lactones) is 1. The normalized spacial score (nSPS) is 40.5. The number of allylic oxidation sites excluding steroid dienone is 5. The van der Waals surface area contributed by atoms with Crippen molar-refractivity contribution in [1.82, 2.24) is 4.90 Å². The molecule has 0 aromatic carbocycles. The molecule has 3 aliphatic heterocycles. The highest BCUT2D eigenvalue weighted by Crippen LogP contribution is 2.38. The third-order valence-electron chi connectivity index (χ3n) is 13.1. The molecule has 3 fully saturated rings. The van der Waals surface area contributed by atoms with Gasteiger partial charge in [-0.15, -0.1) is 0 Å². The van der Waals surface area contributed by atoms with Crippen molar-refractivity contribution in [3.63, 3.8) is 0 Å². The first kappa shape index (κ1) is 46.1. The van der Waals surface area contributed by atoms with E-state index in [-0.39, 0.29) is 66.5 Å². The van der Waals surface area contributed by atoms with Gasteiger partial charge < -0.3 is 34.4 Å². The molecule has 0 spiro atoms. The monoisotopic (exact) mass is 784 g/mol. The quantitative estimate of drug-likeness (QED) is 0.195. The molecule has 0 aromatic rings. The summed E-state index contributed by atoms with van der Waals surface area (Å²) in [6.07, 6.45) is 18.6. The van der Waals surface area contributed by atoms with Crippen LogP contribution in [0, 0.1) is 29.6 Å². The van der Waals surface area contributed by atoms with Gasteiger partial charge in [-0.05, 0) is 113 Å². The molecule has 4 aliphatic rings. The highest BCUT2D eigenvalue weighted by molar-refractivity contribution is 5.85. The van der Waals surface area contributed by atoms with E-state index < -0.39 is 30.0 Å². The van der Waals surface area contributed by atoms with Gasteiger partial charge in [0.25, 0.3) is 0 Å². The van der Waals surface area contributed by atoms with Gasteiger partial charge in [0.05, 0.1) is 30.8 Å². The van der Waals surface area contributed by atoms with Crippen LogP contribution in [-0.2, 0) is 28.6 Å². The van der Waals surface area contributed by atoms with Gasteiger partial charge in [0.1, 0.15) is 17.9 Å². The van der Waals surface area contributed by atoms with Crippen LogP contribution >= 0.6 is 0 Å². The number of amides is 1. The molecule has 3 heterocycles. The summed E-state index contributed by atoms with van der Waals surface area (Å²) in [4.78, 5) is 43.1. The van der Waals surface area contributed by atoms with Crippen molar-refractivity contribution in [2.75, 3.05) is 13.7 Å². The number of carbonyl (C=O) groups excluding carboxylic acids is 3. The number of ketones is 1. The summed E-state index contributed by atoms with van der Waals surface area (Å²) in [5.41, 5.74) is 1.67. The standard InChI is InChI=1S/C46H73NO9/c1-30-13-9-8-10-14-32(3)43(54-7)27-38-22-17-35(6)46(53,56-38)29-44(51)47-24-12-11-15-39(47)45(52)55-42(34(5)26-36-18-20-37(48)21-19-36)23-16-31(2)40(49)28-41(50)33(4)25-30/h8-10,13-14,16,30,33-40,42-43,48-49,53H,11-12,15,17-29H2,1-7H3/b10-8+,13-9+,31-16+,32-14+/t30-,33-,34-,35-,36?,37?,38+,39+,40+,42?,43+,46+/m1/s1. The lowest BCUT2D eigenvalue weighted by Crippen LogP contribution is -2.54. The molecule has 10 atom stereocenters. The number of Topliss-reactive ketones (excluding diaryl/α,β-unsaturated/α-hetero) is 1. The average molecular weight is 784 g/mol. The predicted molar refractivity (Wildman–Crippen MR) is 218 cm³/mol. The van der Waals surface area contributed by atoms with Gasteiger partial charge in [-0.25, -0.2) is 4.79 Å². The molecule has 1 aliphatic carbocycles. The van der Waals surface area contributed by atoms with Crippen molar-refractivity contribution in [2.24, 2.45) is 29.6 Å². The average Bonchev–Trinajstić information content (AvgIpc) is 3.16. The van der Waals surface area contributed by atoms with E-state index in [0.29, 0.717) is 50.1 Å². The van der Waals surface area contributed by atoms with Gasteiger partial charge >= 0.3 is 5.97 Å². The van der Waals surface area contributed by atoms with Crippen LogP contribution in [0.5, 0.6) is 0 Å². The second kappa shape index (κ2) is 21.9. The number of aliphatic hydroxyl groups excluding tert-OH is 2. The summed E-state index contributed by atoms with van der Waals surface area (Å²) in [6.45, 7) is 12.2. The Morgan fingerprint density at radius 2 is 1.66 bits per heavy atom. The summed E-state index contributed by atoms with van der Waals surface area (Å²) in [6, 6.07) is -0.776. The summed E-state index contributed by atoms with van der Waals surface area (Å²) in [7, 11) is 1.66. The maximum atomic E-state index is 14.2. The lowest BCUT2D eigenvalue weighted by atomic mass is 9.80. The Morgan fingerprint density at radius 3 is 2.38 bits per heavy atom. The van der Waals surface area contributed by atoms with Crippen LogP contribution in [0.15, 0.2) is 47.6 Å². The van der Waals surface area contributed by atoms with E-state index in [1.54, 1.807) is 12.0 Å². The van der Waals surface area contributed by atoms with Crippen molar-refractivity contribution in [2.45, 2.75) is 180 Å². The zero-order valence-electron chi connectivity index (χ0n) is 35.4. The molecule has 56 heavy (non-hydrogen) atoms. The van der Waals surface area contributed by atoms with Crippen LogP contribution in [0.4, 0.5) is 0 Å². The summed E-state index contributed by atoms with van der Waals surface area (Å²) in [5, 5.41) is 33.1. The van der Waals surface area contributed by atoms with Gasteiger partial charge in [0.2, 0.25) is 5.91 Å². The van der Waals surface area contributed by atoms with Crippen LogP contribution in [0.3, 0.4) is 0 Å². The highest BCUT2D eigenvalue weighted by Gasteiger charge is 2.46. The molecular weight excluding hydrogens is 711 g/mol. The van der Waals surface area contributed by atoms with Crippen LogP contribution in [0.1, 0.15) is 138 Å². The fraction of sp³-hybridized carbons (Fsp3) is 0.761. The van der Waals surface area contributed by atoms with Gasteiger partial charge in [-0.3, -0.25) is 9.59 Å². The Kier molecular flexibility index (Phi) is 18.0. The van der Waals surface area contributed by atoms with Crippen LogP contribution in [0.2, 0.25) is 0 Å².